The van der Waals surface area contributed by atoms with E-state index in [1.807, 2.05) is 0 Å². The Kier molecular flexibility index (Phi) is 6.40. The standard InChI is InChI=1S/C11H23IO2Si/c1-8(2)15(9(3)4,10(5)6)14-11(13)7-12/h8-10H,7H2,1-6H3. The first-order valence-electron chi connectivity index (χ1n) is 5.56. The molecular formula is C11H23IO2Si. The van der Waals surface area contributed by atoms with Crippen LogP contribution >= 0.6 is 22.6 Å². The Morgan fingerprint density at radius 3 is 1.60 bits per heavy atom. The van der Waals surface area contributed by atoms with Gasteiger partial charge < -0.3 is 4.43 Å². The van der Waals surface area contributed by atoms with E-state index in [0.717, 1.165) is 0 Å². The average molecular weight is 342 g/mol. The predicted molar refractivity (Wildman–Crippen MR) is 76.0 cm³/mol. The lowest BCUT2D eigenvalue weighted by Crippen LogP contribution is -2.49. The van der Waals surface area contributed by atoms with E-state index in [0.29, 0.717) is 21.1 Å². The molecule has 0 atom stereocenters. The average Bonchev–Trinajstić information content (AvgIpc) is 2.11. The van der Waals surface area contributed by atoms with Crippen LogP contribution < -0.4 is 0 Å². The third-order valence-corrected chi connectivity index (χ3v) is 9.73. The maximum Gasteiger partial charge on any atom is 0.302 e. The van der Waals surface area contributed by atoms with Gasteiger partial charge in [0, 0.05) is 0 Å². The van der Waals surface area contributed by atoms with Crippen molar-refractivity contribution in [2.45, 2.75) is 58.2 Å². The zero-order valence-electron chi connectivity index (χ0n) is 10.6. The fraction of sp³-hybridized carbons (Fsp3) is 0.909. The highest BCUT2D eigenvalue weighted by Gasteiger charge is 2.47. The van der Waals surface area contributed by atoms with E-state index in [2.05, 4.69) is 64.1 Å². The molecule has 0 radical (unpaired) electrons. The van der Waals surface area contributed by atoms with Crippen LogP contribution in [0, 0.1) is 0 Å². The molecule has 0 saturated heterocycles. The monoisotopic (exact) mass is 342 g/mol. The summed E-state index contributed by atoms with van der Waals surface area (Å²) in [5.74, 6) is -0.0432. The van der Waals surface area contributed by atoms with Crippen LogP contribution in [-0.2, 0) is 9.22 Å². The molecule has 15 heavy (non-hydrogen) atoms. The van der Waals surface area contributed by atoms with Gasteiger partial charge in [0.05, 0.1) is 4.43 Å². The fourth-order valence-electron chi connectivity index (χ4n) is 2.58. The van der Waals surface area contributed by atoms with Crippen LogP contribution in [-0.4, -0.2) is 18.7 Å². The van der Waals surface area contributed by atoms with E-state index in [1.165, 1.54) is 0 Å². The fourth-order valence-corrected chi connectivity index (χ4v) is 8.20. The van der Waals surface area contributed by atoms with E-state index in [1.54, 1.807) is 0 Å². The van der Waals surface area contributed by atoms with Gasteiger partial charge in [-0.3, -0.25) is 4.79 Å². The summed E-state index contributed by atoms with van der Waals surface area (Å²) < 4.78 is 6.32. The zero-order valence-corrected chi connectivity index (χ0v) is 13.8. The van der Waals surface area contributed by atoms with Crippen LogP contribution in [0.2, 0.25) is 16.6 Å². The molecule has 0 rings (SSSR count). The molecule has 0 bridgehead atoms. The van der Waals surface area contributed by atoms with Crippen molar-refractivity contribution in [3.05, 3.63) is 0 Å². The van der Waals surface area contributed by atoms with Crippen LogP contribution in [0.1, 0.15) is 41.5 Å². The highest BCUT2D eigenvalue weighted by molar-refractivity contribution is 14.1. The second kappa shape index (κ2) is 6.23. The van der Waals surface area contributed by atoms with Crippen molar-refractivity contribution < 1.29 is 9.22 Å². The van der Waals surface area contributed by atoms with Crippen molar-refractivity contribution in [1.82, 2.24) is 0 Å². The van der Waals surface area contributed by atoms with Crippen LogP contribution in [0.15, 0.2) is 0 Å². The molecular weight excluding hydrogens is 319 g/mol. The Hall–Kier alpha value is 0.417. The van der Waals surface area contributed by atoms with Gasteiger partial charge in [-0.1, -0.05) is 64.1 Å². The van der Waals surface area contributed by atoms with Crippen LogP contribution in [0.3, 0.4) is 0 Å². The smallest absolute Gasteiger partial charge is 0.302 e. The lowest BCUT2D eigenvalue weighted by Gasteiger charge is -2.41. The second-order valence-electron chi connectivity index (χ2n) is 4.93. The quantitative estimate of drug-likeness (QED) is 0.426. The van der Waals surface area contributed by atoms with Gasteiger partial charge in [-0.25, -0.2) is 0 Å². The molecule has 4 heteroatoms. The molecule has 0 N–H and O–H groups in total. The number of rotatable bonds is 5. The third-order valence-electron chi connectivity index (χ3n) is 3.11. The first kappa shape index (κ1) is 15.4. The van der Waals surface area contributed by atoms with Gasteiger partial charge in [-0.15, -0.1) is 0 Å². The molecule has 0 aromatic rings. The van der Waals surface area contributed by atoms with Crippen molar-refractivity contribution in [3.63, 3.8) is 0 Å². The van der Waals surface area contributed by atoms with Gasteiger partial charge in [-0.05, 0) is 16.6 Å². The molecule has 0 aromatic carbocycles. The highest BCUT2D eigenvalue weighted by Crippen LogP contribution is 2.42. The van der Waals surface area contributed by atoms with Gasteiger partial charge in [0.1, 0.15) is 0 Å². The second-order valence-corrected chi connectivity index (χ2v) is 11.1. The molecule has 0 heterocycles. The van der Waals surface area contributed by atoms with E-state index < -0.39 is 8.32 Å². The van der Waals surface area contributed by atoms with Gasteiger partial charge in [0.2, 0.25) is 0 Å². The van der Waals surface area contributed by atoms with Crippen molar-refractivity contribution in [2.24, 2.45) is 0 Å². The van der Waals surface area contributed by atoms with Gasteiger partial charge in [0.25, 0.3) is 8.32 Å². The van der Waals surface area contributed by atoms with E-state index in [-0.39, 0.29) is 5.97 Å². The van der Waals surface area contributed by atoms with E-state index in [9.17, 15) is 4.79 Å². The Morgan fingerprint density at radius 1 is 1.07 bits per heavy atom. The summed E-state index contributed by atoms with van der Waals surface area (Å²) >= 11 is 2.07. The van der Waals surface area contributed by atoms with Gasteiger partial charge in [0.15, 0.2) is 0 Å². The van der Waals surface area contributed by atoms with Crippen LogP contribution in [0.25, 0.3) is 0 Å². The molecule has 0 saturated carbocycles. The third kappa shape index (κ3) is 3.44. The number of hydrogen-bond acceptors (Lipinski definition) is 2. The molecule has 0 aromatic heterocycles. The number of carbonyl (C=O) groups is 1. The van der Waals surface area contributed by atoms with Crippen molar-refractivity contribution >= 4 is 36.9 Å². The molecule has 0 aliphatic heterocycles. The molecule has 0 unspecified atom stereocenters. The lowest BCUT2D eigenvalue weighted by molar-refractivity contribution is -0.132. The topological polar surface area (TPSA) is 26.3 Å². The summed E-state index contributed by atoms with van der Waals surface area (Å²) in [6, 6.07) is 0. The number of hydrogen-bond donors (Lipinski definition) is 0. The van der Waals surface area contributed by atoms with Crippen LogP contribution in [0.5, 0.6) is 0 Å². The Bertz CT molecular complexity index is 193. The number of halogens is 1. The summed E-state index contributed by atoms with van der Waals surface area (Å²) in [5, 5.41) is 0. The van der Waals surface area contributed by atoms with E-state index in [4.69, 9.17) is 4.43 Å². The molecule has 0 aliphatic carbocycles. The SMILES string of the molecule is CC(C)[Si](OC(=O)CI)(C(C)C)C(C)C. The summed E-state index contributed by atoms with van der Waals surface area (Å²) in [7, 11) is -1.97. The first-order chi connectivity index (χ1) is 6.78. The Labute approximate surface area is 108 Å². The highest BCUT2D eigenvalue weighted by atomic mass is 127. The summed E-state index contributed by atoms with van der Waals surface area (Å²) in [5.41, 5.74) is 1.43. The molecule has 0 fully saturated rings. The molecule has 0 aliphatic rings. The summed E-state index contributed by atoms with van der Waals surface area (Å²) in [6.07, 6.45) is 0. The first-order valence-corrected chi connectivity index (χ1v) is 9.23. The largest absolute Gasteiger partial charge is 0.518 e. The summed E-state index contributed by atoms with van der Waals surface area (Å²) in [6.45, 7) is 13.1. The van der Waals surface area contributed by atoms with Crippen LogP contribution in [0.4, 0.5) is 0 Å². The van der Waals surface area contributed by atoms with E-state index >= 15 is 0 Å². The van der Waals surface area contributed by atoms with Gasteiger partial charge >= 0.3 is 5.97 Å². The normalized spacial score (nSPS) is 12.7. The maximum absolute atomic E-state index is 11.5. The molecule has 90 valence electrons. The Morgan fingerprint density at radius 2 is 1.40 bits per heavy atom. The molecule has 0 spiro atoms. The van der Waals surface area contributed by atoms with Crippen molar-refractivity contribution in [1.29, 1.82) is 0 Å². The predicted octanol–water partition coefficient (Wildman–Crippen LogP) is 4.14. The molecule has 0 amide bonds. The minimum Gasteiger partial charge on any atom is -0.518 e. The molecule has 2 nitrogen and oxygen atoms in total. The number of alkyl halides is 1. The number of carbonyl (C=O) groups excluding carboxylic acids is 1. The Balaban J connectivity index is 5.05. The lowest BCUT2D eigenvalue weighted by atomic mass is 10.5. The summed E-state index contributed by atoms with van der Waals surface area (Å²) in [4.78, 5) is 11.5. The zero-order chi connectivity index (χ0) is 12.2. The van der Waals surface area contributed by atoms with Crippen molar-refractivity contribution in [3.8, 4) is 0 Å². The maximum atomic E-state index is 11.5. The minimum absolute atomic E-state index is 0.0432. The minimum atomic E-state index is -1.97. The van der Waals surface area contributed by atoms with Gasteiger partial charge in [-0.2, -0.15) is 0 Å². The van der Waals surface area contributed by atoms with Crippen molar-refractivity contribution in [2.75, 3.05) is 4.43 Å².